The number of hydrogen-bond acceptors (Lipinski definition) is 2. The van der Waals surface area contributed by atoms with E-state index in [1.54, 1.807) is 0 Å². The van der Waals surface area contributed by atoms with Gasteiger partial charge in [-0.3, -0.25) is 4.79 Å². The highest BCUT2D eigenvalue weighted by molar-refractivity contribution is 9.10. The Kier molecular flexibility index (Phi) is 5.47. The Hall–Kier alpha value is -1.65. The lowest BCUT2D eigenvalue weighted by Crippen LogP contribution is -2.25. The van der Waals surface area contributed by atoms with Crippen molar-refractivity contribution in [2.24, 2.45) is 0 Å². The summed E-state index contributed by atoms with van der Waals surface area (Å²) in [6.07, 6.45) is 1.71. The standard InChI is InChI=1S/C19H21BrN2O/c20-17-8-4-5-9-18(17)21-19(23)11-13-22-12-10-16(14-22)15-6-2-1-3-7-15/h1-9,16H,10-14H2,(H,21,23)/t16-/m1/s1. The predicted octanol–water partition coefficient (Wildman–Crippen LogP) is 4.27. The highest BCUT2D eigenvalue weighted by Crippen LogP contribution is 2.27. The molecule has 1 heterocycles. The third-order valence-corrected chi connectivity index (χ3v) is 5.04. The van der Waals surface area contributed by atoms with Gasteiger partial charge in [-0.25, -0.2) is 0 Å². The molecule has 1 fully saturated rings. The van der Waals surface area contributed by atoms with Gasteiger partial charge >= 0.3 is 0 Å². The molecule has 120 valence electrons. The van der Waals surface area contributed by atoms with Crippen LogP contribution >= 0.6 is 15.9 Å². The average Bonchev–Trinajstić information content (AvgIpc) is 3.05. The molecule has 23 heavy (non-hydrogen) atoms. The first-order chi connectivity index (χ1) is 11.2. The molecule has 1 N–H and O–H groups in total. The summed E-state index contributed by atoms with van der Waals surface area (Å²) in [7, 11) is 0. The molecule has 3 nitrogen and oxygen atoms in total. The number of likely N-dealkylation sites (tertiary alicyclic amines) is 1. The molecule has 1 atom stereocenters. The normalized spacial score (nSPS) is 18.0. The van der Waals surface area contributed by atoms with Crippen LogP contribution in [0, 0.1) is 0 Å². The van der Waals surface area contributed by atoms with E-state index in [2.05, 4.69) is 56.5 Å². The molecule has 1 aliphatic heterocycles. The lowest BCUT2D eigenvalue weighted by molar-refractivity contribution is -0.116. The van der Waals surface area contributed by atoms with Crippen molar-refractivity contribution in [2.45, 2.75) is 18.8 Å². The maximum Gasteiger partial charge on any atom is 0.225 e. The molecule has 0 saturated carbocycles. The zero-order chi connectivity index (χ0) is 16.1. The summed E-state index contributed by atoms with van der Waals surface area (Å²) in [5.74, 6) is 0.669. The van der Waals surface area contributed by atoms with Crippen LogP contribution in [0.15, 0.2) is 59.1 Å². The highest BCUT2D eigenvalue weighted by Gasteiger charge is 2.23. The van der Waals surface area contributed by atoms with E-state index in [0.29, 0.717) is 12.3 Å². The Morgan fingerprint density at radius 3 is 2.65 bits per heavy atom. The fourth-order valence-electron chi connectivity index (χ4n) is 3.07. The minimum atomic E-state index is 0.0695. The van der Waals surface area contributed by atoms with Crippen LogP contribution in [-0.2, 0) is 4.79 Å². The molecule has 0 spiro atoms. The van der Waals surface area contributed by atoms with Gasteiger partial charge in [0.2, 0.25) is 5.91 Å². The van der Waals surface area contributed by atoms with Crippen LogP contribution in [0.5, 0.6) is 0 Å². The van der Waals surface area contributed by atoms with E-state index in [4.69, 9.17) is 0 Å². The van der Waals surface area contributed by atoms with Crippen LogP contribution in [-0.4, -0.2) is 30.4 Å². The van der Waals surface area contributed by atoms with Crippen LogP contribution in [0.1, 0.15) is 24.3 Å². The highest BCUT2D eigenvalue weighted by atomic mass is 79.9. The monoisotopic (exact) mass is 372 g/mol. The molecule has 1 amide bonds. The maximum atomic E-state index is 12.1. The van der Waals surface area contributed by atoms with Gasteiger partial charge in [-0.1, -0.05) is 42.5 Å². The number of amides is 1. The van der Waals surface area contributed by atoms with Gasteiger partial charge in [0.05, 0.1) is 5.69 Å². The third-order valence-electron chi connectivity index (χ3n) is 4.35. The van der Waals surface area contributed by atoms with E-state index in [1.165, 1.54) is 12.0 Å². The maximum absolute atomic E-state index is 12.1. The number of benzene rings is 2. The van der Waals surface area contributed by atoms with Crippen molar-refractivity contribution in [3.8, 4) is 0 Å². The summed E-state index contributed by atoms with van der Waals surface area (Å²) in [5.41, 5.74) is 2.24. The zero-order valence-corrected chi connectivity index (χ0v) is 14.6. The Bertz CT molecular complexity index is 659. The Morgan fingerprint density at radius 2 is 1.87 bits per heavy atom. The summed E-state index contributed by atoms with van der Waals surface area (Å²) in [5, 5.41) is 2.96. The fourth-order valence-corrected chi connectivity index (χ4v) is 3.45. The van der Waals surface area contributed by atoms with E-state index >= 15 is 0 Å². The topological polar surface area (TPSA) is 32.3 Å². The largest absolute Gasteiger partial charge is 0.325 e. The molecule has 2 aromatic rings. The van der Waals surface area contributed by atoms with Crippen molar-refractivity contribution in [2.75, 3.05) is 25.0 Å². The van der Waals surface area contributed by atoms with E-state index in [-0.39, 0.29) is 5.91 Å². The first-order valence-corrected chi connectivity index (χ1v) is 8.83. The van der Waals surface area contributed by atoms with Crippen molar-refractivity contribution < 1.29 is 4.79 Å². The predicted molar refractivity (Wildman–Crippen MR) is 97.6 cm³/mol. The molecule has 0 aromatic heterocycles. The molecule has 1 saturated heterocycles. The number of nitrogens with zero attached hydrogens (tertiary/aromatic N) is 1. The van der Waals surface area contributed by atoms with Gasteiger partial charge in [-0.2, -0.15) is 0 Å². The lowest BCUT2D eigenvalue weighted by atomic mass is 9.99. The van der Waals surface area contributed by atoms with Crippen molar-refractivity contribution >= 4 is 27.5 Å². The van der Waals surface area contributed by atoms with Gasteiger partial charge in [0.1, 0.15) is 0 Å². The van der Waals surface area contributed by atoms with Gasteiger partial charge in [-0.15, -0.1) is 0 Å². The smallest absolute Gasteiger partial charge is 0.225 e. The van der Waals surface area contributed by atoms with Gasteiger partial charge < -0.3 is 10.2 Å². The Balaban J connectivity index is 1.46. The number of hydrogen-bond donors (Lipinski definition) is 1. The van der Waals surface area contributed by atoms with Crippen LogP contribution in [0.25, 0.3) is 0 Å². The minimum Gasteiger partial charge on any atom is -0.325 e. The number of rotatable bonds is 5. The van der Waals surface area contributed by atoms with Crippen molar-refractivity contribution in [1.29, 1.82) is 0 Å². The third kappa shape index (κ3) is 4.43. The quantitative estimate of drug-likeness (QED) is 0.849. The average molecular weight is 373 g/mol. The second-order valence-electron chi connectivity index (χ2n) is 5.97. The van der Waals surface area contributed by atoms with E-state index in [9.17, 15) is 4.79 Å². The van der Waals surface area contributed by atoms with Crippen molar-refractivity contribution in [1.82, 2.24) is 4.90 Å². The number of nitrogens with one attached hydrogen (secondary N) is 1. The van der Waals surface area contributed by atoms with Gasteiger partial charge in [0.25, 0.3) is 0 Å². The number of para-hydroxylation sites is 1. The number of halogens is 1. The van der Waals surface area contributed by atoms with Crippen LogP contribution in [0.4, 0.5) is 5.69 Å². The molecule has 4 heteroatoms. The minimum absolute atomic E-state index is 0.0695. The van der Waals surface area contributed by atoms with Crippen molar-refractivity contribution in [3.05, 3.63) is 64.6 Å². The van der Waals surface area contributed by atoms with Gasteiger partial charge in [0, 0.05) is 24.0 Å². The van der Waals surface area contributed by atoms with Gasteiger partial charge in [0.15, 0.2) is 0 Å². The number of anilines is 1. The second kappa shape index (κ2) is 7.75. The molecule has 1 aliphatic rings. The van der Waals surface area contributed by atoms with Crippen molar-refractivity contribution in [3.63, 3.8) is 0 Å². The molecule has 0 aliphatic carbocycles. The summed E-state index contributed by atoms with van der Waals surface area (Å²) in [6, 6.07) is 18.4. The molecular formula is C19H21BrN2O. The van der Waals surface area contributed by atoms with E-state index in [1.807, 2.05) is 24.3 Å². The summed E-state index contributed by atoms with van der Waals surface area (Å²) in [4.78, 5) is 14.5. The van der Waals surface area contributed by atoms with Crippen LogP contribution in [0.2, 0.25) is 0 Å². The molecular weight excluding hydrogens is 352 g/mol. The second-order valence-corrected chi connectivity index (χ2v) is 6.83. The Morgan fingerprint density at radius 1 is 1.13 bits per heavy atom. The summed E-state index contributed by atoms with van der Waals surface area (Å²) >= 11 is 3.45. The zero-order valence-electron chi connectivity index (χ0n) is 13.0. The molecule has 0 unspecified atom stereocenters. The van der Waals surface area contributed by atoms with Crippen LogP contribution < -0.4 is 5.32 Å². The Labute approximate surface area is 145 Å². The first kappa shape index (κ1) is 16.2. The summed E-state index contributed by atoms with van der Waals surface area (Å²) < 4.78 is 0.915. The summed E-state index contributed by atoms with van der Waals surface area (Å²) in [6.45, 7) is 2.94. The van der Waals surface area contributed by atoms with Crippen LogP contribution in [0.3, 0.4) is 0 Å². The van der Waals surface area contributed by atoms with Gasteiger partial charge in [-0.05, 0) is 52.5 Å². The number of carbonyl (C=O) groups excluding carboxylic acids is 1. The van der Waals surface area contributed by atoms with E-state index < -0.39 is 0 Å². The SMILES string of the molecule is O=C(CCN1CC[C@@H](c2ccccc2)C1)Nc1ccccc1Br. The molecule has 0 radical (unpaired) electrons. The fraction of sp³-hybridized carbons (Fsp3) is 0.316. The molecule has 0 bridgehead atoms. The lowest BCUT2D eigenvalue weighted by Gasteiger charge is -2.16. The molecule has 3 rings (SSSR count). The van der Waals surface area contributed by atoms with E-state index in [0.717, 1.165) is 29.8 Å². The molecule has 2 aromatic carbocycles. The first-order valence-electron chi connectivity index (χ1n) is 8.04. The number of carbonyl (C=O) groups is 1.